The number of piperidine rings is 1. The Labute approximate surface area is 181 Å². The Morgan fingerprint density at radius 1 is 1.03 bits per heavy atom. The number of aryl methyl sites for hydroxylation is 1. The summed E-state index contributed by atoms with van der Waals surface area (Å²) < 4.78 is 2.01. The van der Waals surface area contributed by atoms with Crippen LogP contribution in [0.25, 0.3) is 5.69 Å². The molecular weight excluding hydrogens is 400 g/mol. The third-order valence-electron chi connectivity index (χ3n) is 4.86. The molecule has 0 unspecified atom stereocenters. The Balaban J connectivity index is 1.83. The minimum Gasteiger partial charge on any atom is -0.341 e. The zero-order valence-corrected chi connectivity index (χ0v) is 18.8. The summed E-state index contributed by atoms with van der Waals surface area (Å²) in [7, 11) is 0. The smallest absolute Gasteiger partial charge is 0.321 e. The van der Waals surface area contributed by atoms with E-state index in [1.165, 1.54) is 23.7 Å². The topological polar surface area (TPSA) is 92.2 Å². The maximum Gasteiger partial charge on any atom is 0.321 e. The van der Waals surface area contributed by atoms with Crippen molar-refractivity contribution >= 4 is 29.6 Å². The number of hydrogen-bond acceptors (Lipinski definition) is 6. The monoisotopic (exact) mass is 430 g/mol. The molecule has 3 rings (SSSR count). The molecule has 2 heterocycles. The van der Waals surface area contributed by atoms with E-state index in [2.05, 4.69) is 37.9 Å². The Bertz CT molecular complexity index is 874. The van der Waals surface area contributed by atoms with Crippen LogP contribution in [0.4, 0.5) is 10.7 Å². The lowest BCUT2D eigenvalue weighted by molar-refractivity contribution is -0.119. The van der Waals surface area contributed by atoms with Crippen molar-refractivity contribution in [2.24, 2.45) is 0 Å². The highest BCUT2D eigenvalue weighted by Crippen LogP contribution is 2.30. The molecule has 1 fully saturated rings. The van der Waals surface area contributed by atoms with Gasteiger partial charge in [0.05, 0.1) is 10.9 Å². The highest BCUT2D eigenvalue weighted by atomic mass is 32.2. The van der Waals surface area contributed by atoms with Crippen molar-refractivity contribution in [3.05, 3.63) is 29.8 Å². The molecule has 0 saturated carbocycles. The summed E-state index contributed by atoms with van der Waals surface area (Å²) in [5.41, 5.74) is 2.13. The van der Waals surface area contributed by atoms with Crippen molar-refractivity contribution in [1.82, 2.24) is 25.4 Å². The molecule has 3 amide bonds. The quantitative estimate of drug-likeness (QED) is 0.684. The number of aromatic nitrogens is 3. The first-order valence-electron chi connectivity index (χ1n) is 10.4. The van der Waals surface area contributed by atoms with E-state index in [-0.39, 0.29) is 11.9 Å². The fourth-order valence-electron chi connectivity index (χ4n) is 3.28. The standard InChI is InChI=1S/C21H30N6O2S/c1-14(2)22-19(29)23-18(28)16(4)30-21-25-24-20(26-12-6-5-7-13-26)27(21)17-10-8-15(3)9-11-17/h8-11,14,16H,5-7,12-13H2,1-4H3,(H2,22,23,28,29)/t16-/m0/s1. The Kier molecular flexibility index (Phi) is 7.36. The van der Waals surface area contributed by atoms with Crippen LogP contribution in [-0.4, -0.2) is 51.1 Å². The Morgan fingerprint density at radius 2 is 1.70 bits per heavy atom. The number of imide groups is 1. The van der Waals surface area contributed by atoms with Crippen LogP contribution in [0.1, 0.15) is 45.6 Å². The molecule has 162 valence electrons. The van der Waals surface area contributed by atoms with Crippen molar-refractivity contribution in [3.8, 4) is 5.69 Å². The van der Waals surface area contributed by atoms with Crippen molar-refractivity contribution in [2.75, 3.05) is 18.0 Å². The van der Waals surface area contributed by atoms with Crippen molar-refractivity contribution in [2.45, 2.75) is 63.4 Å². The number of hydrogen-bond donors (Lipinski definition) is 2. The normalized spacial score (nSPS) is 15.2. The van der Waals surface area contributed by atoms with E-state index in [0.717, 1.165) is 37.6 Å². The third-order valence-corrected chi connectivity index (χ3v) is 5.90. The Hall–Kier alpha value is -2.55. The summed E-state index contributed by atoms with van der Waals surface area (Å²) in [6, 6.07) is 7.65. The van der Waals surface area contributed by atoms with Gasteiger partial charge in [-0.25, -0.2) is 4.79 Å². The lowest BCUT2D eigenvalue weighted by atomic mass is 10.1. The zero-order valence-electron chi connectivity index (χ0n) is 18.0. The second-order valence-corrected chi connectivity index (χ2v) is 9.19. The molecule has 0 aliphatic carbocycles. The van der Waals surface area contributed by atoms with Crippen LogP contribution >= 0.6 is 11.8 Å². The van der Waals surface area contributed by atoms with E-state index < -0.39 is 11.3 Å². The molecule has 1 aliphatic heterocycles. The number of amides is 3. The van der Waals surface area contributed by atoms with E-state index in [1.54, 1.807) is 6.92 Å². The van der Waals surface area contributed by atoms with E-state index in [1.807, 2.05) is 37.5 Å². The predicted molar refractivity (Wildman–Crippen MR) is 119 cm³/mol. The van der Waals surface area contributed by atoms with Crippen LogP contribution in [0.5, 0.6) is 0 Å². The molecule has 0 bridgehead atoms. The summed E-state index contributed by atoms with van der Waals surface area (Å²) in [6.07, 6.45) is 3.49. The SMILES string of the molecule is Cc1ccc(-n2c(S[C@@H](C)C(=O)NC(=O)NC(C)C)nnc2N2CCCCC2)cc1. The molecule has 8 nitrogen and oxygen atoms in total. The molecule has 1 aromatic carbocycles. The summed E-state index contributed by atoms with van der Waals surface area (Å²) in [5, 5.41) is 14.0. The van der Waals surface area contributed by atoms with Gasteiger partial charge in [-0.05, 0) is 59.1 Å². The van der Waals surface area contributed by atoms with Crippen molar-refractivity contribution in [3.63, 3.8) is 0 Å². The molecule has 0 radical (unpaired) electrons. The first-order valence-corrected chi connectivity index (χ1v) is 11.3. The fourth-order valence-corrected chi connectivity index (χ4v) is 4.14. The number of nitrogens with one attached hydrogen (secondary N) is 2. The van der Waals surface area contributed by atoms with Gasteiger partial charge in [-0.1, -0.05) is 29.5 Å². The maximum absolute atomic E-state index is 12.5. The minimum absolute atomic E-state index is 0.0440. The largest absolute Gasteiger partial charge is 0.341 e. The first-order chi connectivity index (χ1) is 14.3. The van der Waals surface area contributed by atoms with Gasteiger partial charge in [0, 0.05) is 19.1 Å². The summed E-state index contributed by atoms with van der Waals surface area (Å²) in [5.74, 6) is 0.433. The fraction of sp³-hybridized carbons (Fsp3) is 0.524. The van der Waals surface area contributed by atoms with Crippen LogP contribution in [0, 0.1) is 6.92 Å². The molecule has 1 atom stereocenters. The van der Waals surface area contributed by atoms with Gasteiger partial charge in [-0.15, -0.1) is 10.2 Å². The van der Waals surface area contributed by atoms with Gasteiger partial charge in [0.1, 0.15) is 0 Å². The second kappa shape index (κ2) is 9.97. The zero-order chi connectivity index (χ0) is 21.7. The number of carbonyl (C=O) groups excluding carboxylic acids is 2. The van der Waals surface area contributed by atoms with Gasteiger partial charge in [0.2, 0.25) is 11.9 Å². The number of nitrogens with zero attached hydrogens (tertiary/aromatic N) is 4. The van der Waals surface area contributed by atoms with Crippen LogP contribution < -0.4 is 15.5 Å². The first kappa shape index (κ1) is 22.1. The number of anilines is 1. The van der Waals surface area contributed by atoms with E-state index in [0.29, 0.717) is 5.16 Å². The van der Waals surface area contributed by atoms with Gasteiger partial charge in [-0.3, -0.25) is 14.7 Å². The third kappa shape index (κ3) is 5.53. The molecule has 0 spiro atoms. The summed E-state index contributed by atoms with van der Waals surface area (Å²) in [6.45, 7) is 9.38. The molecule has 2 aromatic rings. The number of carbonyl (C=O) groups is 2. The van der Waals surface area contributed by atoms with Crippen LogP contribution in [-0.2, 0) is 4.79 Å². The van der Waals surface area contributed by atoms with Gasteiger partial charge in [-0.2, -0.15) is 0 Å². The number of thioether (sulfide) groups is 1. The average molecular weight is 431 g/mol. The lowest BCUT2D eigenvalue weighted by Gasteiger charge is -2.28. The van der Waals surface area contributed by atoms with Gasteiger partial charge in [0.25, 0.3) is 0 Å². The van der Waals surface area contributed by atoms with E-state index in [9.17, 15) is 9.59 Å². The maximum atomic E-state index is 12.5. The van der Waals surface area contributed by atoms with Crippen LogP contribution in [0.3, 0.4) is 0 Å². The number of rotatable bonds is 6. The summed E-state index contributed by atoms with van der Waals surface area (Å²) >= 11 is 1.29. The van der Waals surface area contributed by atoms with Crippen molar-refractivity contribution in [1.29, 1.82) is 0 Å². The van der Waals surface area contributed by atoms with Gasteiger partial charge in [0.15, 0.2) is 5.16 Å². The molecular formula is C21H30N6O2S. The van der Waals surface area contributed by atoms with E-state index >= 15 is 0 Å². The second-order valence-electron chi connectivity index (χ2n) is 7.88. The van der Waals surface area contributed by atoms with E-state index in [4.69, 9.17) is 0 Å². The minimum atomic E-state index is -0.509. The molecule has 2 N–H and O–H groups in total. The van der Waals surface area contributed by atoms with Crippen LogP contribution in [0.15, 0.2) is 29.4 Å². The average Bonchev–Trinajstić information content (AvgIpc) is 3.12. The highest BCUT2D eigenvalue weighted by Gasteiger charge is 2.25. The predicted octanol–water partition coefficient (Wildman–Crippen LogP) is 3.28. The molecule has 30 heavy (non-hydrogen) atoms. The van der Waals surface area contributed by atoms with Crippen LogP contribution in [0.2, 0.25) is 0 Å². The molecule has 1 aromatic heterocycles. The van der Waals surface area contributed by atoms with Gasteiger partial charge >= 0.3 is 6.03 Å². The van der Waals surface area contributed by atoms with Gasteiger partial charge < -0.3 is 10.2 Å². The highest BCUT2D eigenvalue weighted by molar-refractivity contribution is 8.00. The number of urea groups is 1. The molecule has 1 saturated heterocycles. The van der Waals surface area contributed by atoms with Crippen molar-refractivity contribution < 1.29 is 9.59 Å². The number of benzene rings is 1. The molecule has 9 heteroatoms. The lowest BCUT2D eigenvalue weighted by Crippen LogP contribution is -2.45. The summed E-state index contributed by atoms with van der Waals surface area (Å²) in [4.78, 5) is 26.6. The molecule has 1 aliphatic rings. The Morgan fingerprint density at radius 3 is 2.33 bits per heavy atom.